The molecule has 0 aliphatic heterocycles. The van der Waals surface area contributed by atoms with E-state index in [2.05, 4.69) is 30.0 Å². The van der Waals surface area contributed by atoms with Crippen LogP contribution in [0.1, 0.15) is 5.82 Å². The van der Waals surface area contributed by atoms with Crippen molar-refractivity contribution in [3.05, 3.63) is 83.2 Å². The van der Waals surface area contributed by atoms with Crippen LogP contribution in [0, 0.1) is 0 Å². The van der Waals surface area contributed by atoms with Gasteiger partial charge in [-0.1, -0.05) is 12.1 Å². The van der Waals surface area contributed by atoms with Crippen LogP contribution < -0.4 is 15.6 Å². The van der Waals surface area contributed by atoms with Crippen molar-refractivity contribution in [3.63, 3.8) is 0 Å². The molecule has 0 bridgehead atoms. The van der Waals surface area contributed by atoms with Crippen LogP contribution >= 0.6 is 0 Å². The quantitative estimate of drug-likeness (QED) is 0.445. The van der Waals surface area contributed by atoms with Crippen molar-refractivity contribution < 1.29 is 8.42 Å². The Balaban J connectivity index is 1.47. The SMILES string of the molecule is O=c1[nH]c(CNc2ccc(S(=O)(=O)Nc3ncccn3)cc2)nc2ccccc12. The number of nitrogens with zero attached hydrogens (tertiary/aromatic N) is 3. The summed E-state index contributed by atoms with van der Waals surface area (Å²) < 4.78 is 27.1. The van der Waals surface area contributed by atoms with E-state index >= 15 is 0 Å². The van der Waals surface area contributed by atoms with E-state index in [0.29, 0.717) is 22.4 Å². The lowest BCUT2D eigenvalue weighted by molar-refractivity contribution is 0.601. The van der Waals surface area contributed by atoms with Gasteiger partial charge < -0.3 is 10.3 Å². The minimum absolute atomic E-state index is 0.000958. The van der Waals surface area contributed by atoms with Crippen molar-refractivity contribution in [3.8, 4) is 0 Å². The van der Waals surface area contributed by atoms with Gasteiger partial charge in [0.05, 0.1) is 22.3 Å². The van der Waals surface area contributed by atoms with Gasteiger partial charge in [-0.2, -0.15) is 0 Å². The van der Waals surface area contributed by atoms with Crippen molar-refractivity contribution in [1.29, 1.82) is 0 Å². The molecule has 4 rings (SSSR count). The highest BCUT2D eigenvalue weighted by Gasteiger charge is 2.15. The van der Waals surface area contributed by atoms with Crippen molar-refractivity contribution in [1.82, 2.24) is 19.9 Å². The summed E-state index contributed by atoms with van der Waals surface area (Å²) in [6.07, 6.45) is 2.89. The molecule has 2 aromatic heterocycles. The number of fused-ring (bicyclic) bond motifs is 1. The second-order valence-electron chi connectivity index (χ2n) is 6.09. The van der Waals surface area contributed by atoms with Crippen LogP contribution in [0.15, 0.2) is 76.7 Å². The third-order valence-electron chi connectivity index (χ3n) is 4.08. The largest absolute Gasteiger partial charge is 0.378 e. The van der Waals surface area contributed by atoms with E-state index in [9.17, 15) is 13.2 Å². The number of rotatable bonds is 6. The van der Waals surface area contributed by atoms with Crippen molar-refractivity contribution >= 4 is 32.6 Å². The van der Waals surface area contributed by atoms with Crippen molar-refractivity contribution in [2.45, 2.75) is 11.4 Å². The van der Waals surface area contributed by atoms with Gasteiger partial charge in [0.2, 0.25) is 5.95 Å². The summed E-state index contributed by atoms with van der Waals surface area (Å²) in [5.41, 5.74) is 1.09. The van der Waals surface area contributed by atoms with Gasteiger partial charge in [0.1, 0.15) is 5.82 Å². The van der Waals surface area contributed by atoms with Crippen molar-refractivity contribution in [2.24, 2.45) is 0 Å². The molecule has 0 amide bonds. The standard InChI is InChI=1S/C19H16N6O3S/c26-18-15-4-1-2-5-16(15)23-17(24-18)12-22-13-6-8-14(9-7-13)29(27,28)25-19-20-10-3-11-21-19/h1-11,22H,12H2,(H,20,21,25)(H,23,24,26). The van der Waals surface area contributed by atoms with E-state index in [0.717, 1.165) is 0 Å². The zero-order valence-electron chi connectivity index (χ0n) is 15.0. The molecule has 0 spiro atoms. The summed E-state index contributed by atoms with van der Waals surface area (Å²) in [5.74, 6) is 0.481. The molecule has 2 heterocycles. The summed E-state index contributed by atoms with van der Waals surface area (Å²) in [6, 6.07) is 14.9. The van der Waals surface area contributed by atoms with Crippen LogP contribution in [-0.4, -0.2) is 28.4 Å². The monoisotopic (exact) mass is 408 g/mol. The minimum atomic E-state index is -3.79. The normalized spacial score (nSPS) is 11.3. The number of nitrogens with one attached hydrogen (secondary N) is 3. The number of aromatic nitrogens is 4. The summed E-state index contributed by atoms with van der Waals surface area (Å²) in [7, 11) is -3.79. The Hall–Kier alpha value is -3.79. The van der Waals surface area contributed by atoms with Gasteiger partial charge in [0.15, 0.2) is 0 Å². The molecule has 2 aromatic carbocycles. The Bertz CT molecular complexity index is 1310. The average molecular weight is 408 g/mol. The minimum Gasteiger partial charge on any atom is -0.378 e. The van der Waals surface area contributed by atoms with Crippen LogP contribution in [0.2, 0.25) is 0 Å². The zero-order chi connectivity index (χ0) is 20.3. The predicted octanol–water partition coefficient (Wildman–Crippen LogP) is 2.13. The lowest BCUT2D eigenvalue weighted by Gasteiger charge is -2.09. The predicted molar refractivity (Wildman–Crippen MR) is 109 cm³/mol. The van der Waals surface area contributed by atoms with E-state index < -0.39 is 10.0 Å². The maximum Gasteiger partial charge on any atom is 0.264 e. The number of H-pyrrole nitrogens is 1. The Morgan fingerprint density at radius 3 is 2.41 bits per heavy atom. The molecule has 0 aliphatic rings. The number of sulfonamides is 1. The van der Waals surface area contributed by atoms with E-state index in [1.54, 1.807) is 36.4 Å². The summed E-state index contributed by atoms with van der Waals surface area (Å²) in [5, 5.41) is 3.64. The molecule has 10 heteroatoms. The third kappa shape index (κ3) is 4.22. The van der Waals surface area contributed by atoms with Gasteiger partial charge in [-0.25, -0.2) is 28.1 Å². The Morgan fingerprint density at radius 1 is 0.931 bits per heavy atom. The second-order valence-corrected chi connectivity index (χ2v) is 7.77. The third-order valence-corrected chi connectivity index (χ3v) is 5.42. The van der Waals surface area contributed by atoms with Crippen LogP contribution in [0.3, 0.4) is 0 Å². The molecule has 0 atom stereocenters. The Morgan fingerprint density at radius 2 is 1.66 bits per heavy atom. The van der Waals surface area contributed by atoms with Gasteiger partial charge in [-0.3, -0.25) is 4.79 Å². The molecular weight excluding hydrogens is 392 g/mol. The molecular formula is C19H16N6O3S. The van der Waals surface area contributed by atoms with Gasteiger partial charge >= 0.3 is 0 Å². The number of hydrogen-bond donors (Lipinski definition) is 3. The van der Waals surface area contributed by atoms with Crippen molar-refractivity contribution in [2.75, 3.05) is 10.0 Å². The fraction of sp³-hybridized carbons (Fsp3) is 0.0526. The Kier molecular flexibility index (Phi) is 4.92. The summed E-state index contributed by atoms with van der Waals surface area (Å²) in [4.78, 5) is 27.0. The fourth-order valence-corrected chi connectivity index (χ4v) is 3.65. The zero-order valence-corrected chi connectivity index (χ0v) is 15.8. The molecule has 0 fully saturated rings. The van der Waals surface area contributed by atoms with E-state index in [1.807, 2.05) is 6.07 Å². The van der Waals surface area contributed by atoms with E-state index in [1.165, 1.54) is 24.5 Å². The molecule has 9 nitrogen and oxygen atoms in total. The molecule has 3 N–H and O–H groups in total. The van der Waals surface area contributed by atoms with Crippen LogP contribution in [0.5, 0.6) is 0 Å². The number of hydrogen-bond acceptors (Lipinski definition) is 7. The molecule has 0 saturated carbocycles. The fourth-order valence-electron chi connectivity index (χ4n) is 2.69. The maximum atomic E-state index is 12.4. The first kappa shape index (κ1) is 18.6. The highest BCUT2D eigenvalue weighted by molar-refractivity contribution is 7.92. The van der Waals surface area contributed by atoms with Gasteiger partial charge in [0, 0.05) is 18.1 Å². The topological polar surface area (TPSA) is 130 Å². The maximum absolute atomic E-state index is 12.4. The van der Waals surface area contributed by atoms with Crippen LogP contribution in [-0.2, 0) is 16.6 Å². The lowest BCUT2D eigenvalue weighted by Crippen LogP contribution is -2.15. The first-order valence-electron chi connectivity index (χ1n) is 8.63. The smallest absolute Gasteiger partial charge is 0.264 e. The van der Waals surface area contributed by atoms with Gasteiger partial charge in [-0.05, 0) is 42.5 Å². The van der Waals surface area contributed by atoms with Gasteiger partial charge in [-0.15, -0.1) is 0 Å². The Labute approximate surface area is 165 Å². The molecule has 0 aliphatic carbocycles. The van der Waals surface area contributed by atoms with Crippen LogP contribution in [0.4, 0.5) is 11.6 Å². The molecule has 146 valence electrons. The van der Waals surface area contributed by atoms with Crippen LogP contribution in [0.25, 0.3) is 10.9 Å². The second kappa shape index (κ2) is 7.68. The van der Waals surface area contributed by atoms with E-state index in [-0.39, 0.29) is 22.9 Å². The molecule has 0 unspecified atom stereocenters. The molecule has 4 aromatic rings. The number of benzene rings is 2. The average Bonchev–Trinajstić information content (AvgIpc) is 2.73. The molecule has 0 radical (unpaired) electrons. The highest BCUT2D eigenvalue weighted by Crippen LogP contribution is 2.17. The number of aromatic amines is 1. The highest BCUT2D eigenvalue weighted by atomic mass is 32.2. The summed E-state index contributed by atoms with van der Waals surface area (Å²) in [6.45, 7) is 0.280. The summed E-state index contributed by atoms with van der Waals surface area (Å²) >= 11 is 0. The first-order chi connectivity index (χ1) is 14.0. The molecule has 29 heavy (non-hydrogen) atoms. The lowest BCUT2D eigenvalue weighted by atomic mass is 10.2. The van der Waals surface area contributed by atoms with Gasteiger partial charge in [0.25, 0.3) is 15.6 Å². The first-order valence-corrected chi connectivity index (χ1v) is 10.1. The molecule has 0 saturated heterocycles. The number of para-hydroxylation sites is 1. The van der Waals surface area contributed by atoms with E-state index in [4.69, 9.17) is 0 Å². The number of anilines is 2.